The number of benzene rings is 1. The first-order valence-corrected chi connectivity index (χ1v) is 8.40. The quantitative estimate of drug-likeness (QED) is 0.813. The lowest BCUT2D eigenvalue weighted by Crippen LogP contribution is -2.30. The summed E-state index contributed by atoms with van der Waals surface area (Å²) in [6.45, 7) is 4.19. The molecule has 1 N–H and O–H groups in total. The average molecular weight is 342 g/mol. The molecule has 0 amide bonds. The molecule has 0 bridgehead atoms. The van der Waals surface area contributed by atoms with E-state index in [0.29, 0.717) is 18.1 Å². The van der Waals surface area contributed by atoms with Gasteiger partial charge in [0, 0.05) is 5.70 Å². The van der Waals surface area contributed by atoms with Crippen LogP contribution in [0.15, 0.2) is 41.9 Å². The molecule has 7 nitrogen and oxygen atoms in total. The number of carbonyl (C=O) groups excluding carboxylic acids is 1. The van der Waals surface area contributed by atoms with Crippen LogP contribution in [-0.2, 0) is 9.53 Å². The second-order valence-electron chi connectivity index (χ2n) is 5.69. The highest BCUT2D eigenvalue weighted by Crippen LogP contribution is 2.37. The molecule has 0 fully saturated rings. The van der Waals surface area contributed by atoms with Crippen molar-refractivity contribution in [3.8, 4) is 5.75 Å². The van der Waals surface area contributed by atoms with Crippen molar-refractivity contribution in [2.75, 3.05) is 19.0 Å². The molecule has 1 aliphatic rings. The number of nitrogens with zero attached hydrogens (tertiary/aromatic N) is 3. The number of fused-ring (bicyclic) bond motifs is 1. The normalized spacial score (nSPS) is 16.2. The second kappa shape index (κ2) is 7.38. The standard InChI is InChI=1S/C18H22N4O3/c1-4-6-14-15(17(23)25-5-2)16(22-18(21-14)19-11-20-22)12-7-9-13(24-3)10-8-12/h7-11,16H,4-6H2,1-3H3,(H,19,20,21)/t16-/m0/s1. The summed E-state index contributed by atoms with van der Waals surface area (Å²) in [5, 5.41) is 7.55. The number of hydrogen-bond acceptors (Lipinski definition) is 6. The van der Waals surface area contributed by atoms with Crippen molar-refractivity contribution < 1.29 is 14.3 Å². The number of methoxy groups -OCH3 is 1. The van der Waals surface area contributed by atoms with Gasteiger partial charge in [-0.2, -0.15) is 10.1 Å². The molecule has 1 aliphatic heterocycles. The molecule has 3 rings (SSSR count). The van der Waals surface area contributed by atoms with Crippen molar-refractivity contribution in [2.45, 2.75) is 32.7 Å². The maximum atomic E-state index is 12.7. The Labute approximate surface area is 146 Å². The number of carbonyl (C=O) groups is 1. The third kappa shape index (κ3) is 3.22. The van der Waals surface area contributed by atoms with Crippen molar-refractivity contribution in [3.05, 3.63) is 47.4 Å². The van der Waals surface area contributed by atoms with E-state index in [9.17, 15) is 4.79 Å². The van der Waals surface area contributed by atoms with E-state index < -0.39 is 0 Å². The number of hydrogen-bond donors (Lipinski definition) is 1. The van der Waals surface area contributed by atoms with Crippen LogP contribution in [0.1, 0.15) is 38.3 Å². The molecule has 1 aromatic carbocycles. The van der Waals surface area contributed by atoms with Gasteiger partial charge in [0.1, 0.15) is 18.1 Å². The van der Waals surface area contributed by atoms with Gasteiger partial charge in [0.25, 0.3) is 0 Å². The minimum atomic E-state index is -0.384. The van der Waals surface area contributed by atoms with Gasteiger partial charge >= 0.3 is 5.97 Å². The van der Waals surface area contributed by atoms with Crippen molar-refractivity contribution >= 4 is 11.9 Å². The number of aromatic nitrogens is 3. The van der Waals surface area contributed by atoms with E-state index in [-0.39, 0.29) is 12.0 Å². The summed E-state index contributed by atoms with van der Waals surface area (Å²) in [4.78, 5) is 17.0. The number of rotatable bonds is 6. The molecule has 1 atom stereocenters. The van der Waals surface area contributed by atoms with Crippen molar-refractivity contribution in [1.82, 2.24) is 14.8 Å². The fraction of sp³-hybridized carbons (Fsp3) is 0.389. The lowest BCUT2D eigenvalue weighted by atomic mass is 9.94. The fourth-order valence-electron chi connectivity index (χ4n) is 3.00. The van der Waals surface area contributed by atoms with Crippen LogP contribution in [0.25, 0.3) is 0 Å². The Bertz CT molecular complexity index is 780. The van der Waals surface area contributed by atoms with Gasteiger partial charge < -0.3 is 14.8 Å². The van der Waals surface area contributed by atoms with E-state index in [1.807, 2.05) is 24.3 Å². The number of allylic oxidation sites excluding steroid dienone is 1. The molecule has 0 saturated carbocycles. The van der Waals surface area contributed by atoms with E-state index in [1.54, 1.807) is 18.7 Å². The molecule has 0 spiro atoms. The Morgan fingerprint density at radius 3 is 2.68 bits per heavy atom. The maximum absolute atomic E-state index is 12.7. The molecule has 2 heterocycles. The van der Waals surface area contributed by atoms with Crippen LogP contribution in [0.4, 0.5) is 5.95 Å². The van der Waals surface area contributed by atoms with E-state index in [2.05, 4.69) is 22.3 Å². The molecule has 0 unspecified atom stereocenters. The summed E-state index contributed by atoms with van der Waals surface area (Å²) < 4.78 is 12.3. The first kappa shape index (κ1) is 17.0. The number of esters is 1. The first-order chi connectivity index (χ1) is 12.2. The Morgan fingerprint density at radius 2 is 2.04 bits per heavy atom. The van der Waals surface area contributed by atoms with Gasteiger partial charge in [0.15, 0.2) is 0 Å². The topological polar surface area (TPSA) is 78.3 Å². The minimum Gasteiger partial charge on any atom is -0.497 e. The largest absolute Gasteiger partial charge is 0.497 e. The Kier molecular flexibility index (Phi) is 5.02. The molecule has 1 aromatic heterocycles. The Morgan fingerprint density at radius 1 is 1.28 bits per heavy atom. The SMILES string of the molecule is CCCC1=C(C(=O)OCC)[C@H](c2ccc(OC)cc2)n2ncnc2N1. The smallest absolute Gasteiger partial charge is 0.338 e. The van der Waals surface area contributed by atoms with Gasteiger partial charge in [-0.05, 0) is 31.0 Å². The van der Waals surface area contributed by atoms with Crippen LogP contribution in [-0.4, -0.2) is 34.5 Å². The summed E-state index contributed by atoms with van der Waals surface area (Å²) in [6.07, 6.45) is 3.11. The predicted octanol–water partition coefficient (Wildman–Crippen LogP) is 2.92. The lowest BCUT2D eigenvalue weighted by Gasteiger charge is -2.29. The summed E-state index contributed by atoms with van der Waals surface area (Å²) in [5.74, 6) is 1.05. The lowest BCUT2D eigenvalue weighted by molar-refractivity contribution is -0.139. The molecular weight excluding hydrogens is 320 g/mol. The summed E-state index contributed by atoms with van der Waals surface area (Å²) >= 11 is 0. The summed E-state index contributed by atoms with van der Waals surface area (Å²) in [7, 11) is 1.62. The highest BCUT2D eigenvalue weighted by molar-refractivity contribution is 5.92. The maximum Gasteiger partial charge on any atom is 0.338 e. The second-order valence-corrected chi connectivity index (χ2v) is 5.69. The number of anilines is 1. The Balaban J connectivity index is 2.13. The van der Waals surface area contributed by atoms with Crippen LogP contribution in [0.5, 0.6) is 5.75 Å². The third-order valence-electron chi connectivity index (χ3n) is 4.11. The zero-order chi connectivity index (χ0) is 17.8. The molecule has 0 radical (unpaired) electrons. The highest BCUT2D eigenvalue weighted by Gasteiger charge is 2.35. The van der Waals surface area contributed by atoms with Gasteiger partial charge in [-0.1, -0.05) is 25.5 Å². The number of nitrogens with one attached hydrogen (secondary N) is 1. The van der Waals surface area contributed by atoms with Crippen LogP contribution in [0, 0.1) is 0 Å². The molecule has 7 heteroatoms. The highest BCUT2D eigenvalue weighted by atomic mass is 16.5. The molecule has 132 valence electrons. The van der Waals surface area contributed by atoms with E-state index in [1.165, 1.54) is 6.33 Å². The number of ether oxygens (including phenoxy) is 2. The Hall–Kier alpha value is -2.83. The van der Waals surface area contributed by atoms with Gasteiger partial charge in [0.05, 0.1) is 19.3 Å². The minimum absolute atomic E-state index is 0.321. The zero-order valence-corrected chi connectivity index (χ0v) is 14.7. The molecule has 0 saturated heterocycles. The van der Waals surface area contributed by atoms with Crippen LogP contribution in [0.3, 0.4) is 0 Å². The van der Waals surface area contributed by atoms with Gasteiger partial charge in [-0.3, -0.25) is 0 Å². The van der Waals surface area contributed by atoms with Crippen LogP contribution < -0.4 is 10.1 Å². The van der Waals surface area contributed by atoms with Crippen molar-refractivity contribution in [1.29, 1.82) is 0 Å². The summed E-state index contributed by atoms with van der Waals surface area (Å²) in [5.41, 5.74) is 2.33. The molecular formula is C18H22N4O3. The van der Waals surface area contributed by atoms with Gasteiger partial charge in [-0.25, -0.2) is 9.48 Å². The summed E-state index contributed by atoms with van der Waals surface area (Å²) in [6, 6.07) is 7.23. The molecule has 25 heavy (non-hydrogen) atoms. The fourth-order valence-corrected chi connectivity index (χ4v) is 3.00. The first-order valence-electron chi connectivity index (χ1n) is 8.40. The van der Waals surface area contributed by atoms with E-state index >= 15 is 0 Å². The van der Waals surface area contributed by atoms with Crippen molar-refractivity contribution in [3.63, 3.8) is 0 Å². The molecule has 2 aromatic rings. The molecule has 0 aliphatic carbocycles. The van der Waals surface area contributed by atoms with Crippen LogP contribution >= 0.6 is 0 Å². The third-order valence-corrected chi connectivity index (χ3v) is 4.11. The average Bonchev–Trinajstić information content (AvgIpc) is 3.09. The monoisotopic (exact) mass is 342 g/mol. The zero-order valence-electron chi connectivity index (χ0n) is 14.7. The predicted molar refractivity (Wildman–Crippen MR) is 93.3 cm³/mol. The van der Waals surface area contributed by atoms with Crippen LogP contribution in [0.2, 0.25) is 0 Å². The van der Waals surface area contributed by atoms with E-state index in [4.69, 9.17) is 9.47 Å². The van der Waals surface area contributed by atoms with Gasteiger partial charge in [-0.15, -0.1) is 0 Å². The van der Waals surface area contributed by atoms with E-state index in [0.717, 1.165) is 29.9 Å². The van der Waals surface area contributed by atoms with Crippen molar-refractivity contribution in [2.24, 2.45) is 0 Å². The van der Waals surface area contributed by atoms with Gasteiger partial charge in [0.2, 0.25) is 5.95 Å².